The number of hydrogen-bond acceptors (Lipinski definition) is 5. The second kappa shape index (κ2) is 6.57. The van der Waals surface area contributed by atoms with Crippen molar-refractivity contribution in [1.82, 2.24) is 20.1 Å². The Kier molecular flexibility index (Phi) is 4.28. The molecule has 0 radical (unpaired) electrons. The maximum Gasteiger partial charge on any atom is 0.231 e. The predicted molar refractivity (Wildman–Crippen MR) is 90.9 cm³/mol. The Hall–Kier alpha value is -1.86. The number of nitrogens with zero attached hydrogens (tertiary/aromatic N) is 3. The molecule has 24 heavy (non-hydrogen) atoms. The van der Waals surface area contributed by atoms with E-state index in [9.17, 15) is 4.79 Å². The third kappa shape index (κ3) is 2.82. The first-order valence-electron chi connectivity index (χ1n) is 8.29. The third-order valence-corrected chi connectivity index (χ3v) is 5.73. The van der Waals surface area contributed by atoms with Gasteiger partial charge in [0, 0.05) is 23.6 Å². The first-order chi connectivity index (χ1) is 11.8. The van der Waals surface area contributed by atoms with Crippen molar-refractivity contribution in [2.45, 2.75) is 30.3 Å². The number of aromatic nitrogens is 3. The number of aromatic amines is 1. The SMILES string of the molecule is CCc1nc([C@H]2CN(C(=O)[C@H]3CSc4ccccc43)CCO2)n[nH]1. The van der Waals surface area contributed by atoms with Gasteiger partial charge in [0.05, 0.1) is 19.1 Å². The van der Waals surface area contributed by atoms with Crippen LogP contribution in [0.25, 0.3) is 0 Å². The Morgan fingerprint density at radius 1 is 1.46 bits per heavy atom. The number of ether oxygens (including phenoxy) is 1. The lowest BCUT2D eigenvalue weighted by Gasteiger charge is -2.33. The average molecular weight is 344 g/mol. The molecule has 1 fully saturated rings. The first kappa shape index (κ1) is 15.7. The van der Waals surface area contributed by atoms with Crippen LogP contribution in [-0.2, 0) is 16.0 Å². The van der Waals surface area contributed by atoms with Crippen LogP contribution in [0.15, 0.2) is 29.2 Å². The van der Waals surface area contributed by atoms with Crippen molar-refractivity contribution in [2.24, 2.45) is 0 Å². The molecule has 0 unspecified atom stereocenters. The lowest BCUT2D eigenvalue weighted by molar-refractivity contribution is -0.140. The van der Waals surface area contributed by atoms with E-state index in [0.717, 1.165) is 23.6 Å². The number of benzene rings is 1. The number of fused-ring (bicyclic) bond motifs is 1. The number of carbonyl (C=O) groups excluding carboxylic acids is 1. The van der Waals surface area contributed by atoms with Crippen molar-refractivity contribution >= 4 is 17.7 Å². The molecule has 1 N–H and O–H groups in total. The summed E-state index contributed by atoms with van der Waals surface area (Å²) in [4.78, 5) is 20.6. The monoisotopic (exact) mass is 344 g/mol. The normalized spacial score (nSPS) is 23.3. The number of thioether (sulfide) groups is 1. The highest BCUT2D eigenvalue weighted by Gasteiger charge is 2.35. The predicted octanol–water partition coefficient (Wildman–Crippen LogP) is 2.16. The van der Waals surface area contributed by atoms with Crippen molar-refractivity contribution in [3.05, 3.63) is 41.5 Å². The van der Waals surface area contributed by atoms with Gasteiger partial charge in [0.15, 0.2) is 5.82 Å². The molecule has 0 aliphatic carbocycles. The molecule has 2 aromatic rings. The second-order valence-corrected chi connectivity index (χ2v) is 7.10. The summed E-state index contributed by atoms with van der Waals surface area (Å²) in [5, 5.41) is 7.15. The smallest absolute Gasteiger partial charge is 0.231 e. The molecule has 1 amide bonds. The highest BCUT2D eigenvalue weighted by atomic mass is 32.2. The number of morpholine rings is 1. The molecule has 3 heterocycles. The molecule has 7 heteroatoms. The van der Waals surface area contributed by atoms with Crippen LogP contribution in [0.4, 0.5) is 0 Å². The molecule has 126 valence electrons. The number of nitrogens with one attached hydrogen (secondary N) is 1. The van der Waals surface area contributed by atoms with Crippen LogP contribution >= 0.6 is 11.8 Å². The first-order valence-corrected chi connectivity index (χ1v) is 9.28. The van der Waals surface area contributed by atoms with Gasteiger partial charge >= 0.3 is 0 Å². The van der Waals surface area contributed by atoms with Gasteiger partial charge in [-0.15, -0.1) is 11.8 Å². The molecule has 1 aromatic heterocycles. The third-order valence-electron chi connectivity index (χ3n) is 4.55. The molecular formula is C17H20N4O2S. The second-order valence-electron chi connectivity index (χ2n) is 6.04. The lowest BCUT2D eigenvalue weighted by Crippen LogP contribution is -2.44. The van der Waals surface area contributed by atoms with E-state index in [4.69, 9.17) is 4.74 Å². The minimum absolute atomic E-state index is 0.0525. The van der Waals surface area contributed by atoms with E-state index < -0.39 is 0 Å². The summed E-state index contributed by atoms with van der Waals surface area (Å²) in [5.74, 6) is 2.44. The number of carbonyl (C=O) groups is 1. The Morgan fingerprint density at radius 3 is 3.17 bits per heavy atom. The summed E-state index contributed by atoms with van der Waals surface area (Å²) < 4.78 is 5.79. The Bertz CT molecular complexity index is 748. The van der Waals surface area contributed by atoms with E-state index in [0.29, 0.717) is 25.5 Å². The van der Waals surface area contributed by atoms with E-state index in [1.807, 2.05) is 24.0 Å². The van der Waals surface area contributed by atoms with Crippen molar-refractivity contribution in [2.75, 3.05) is 25.4 Å². The van der Waals surface area contributed by atoms with Crippen LogP contribution in [0.3, 0.4) is 0 Å². The van der Waals surface area contributed by atoms with Gasteiger partial charge in [0.25, 0.3) is 0 Å². The van der Waals surface area contributed by atoms with E-state index >= 15 is 0 Å². The molecule has 1 aromatic carbocycles. The fourth-order valence-electron chi connectivity index (χ4n) is 3.21. The van der Waals surface area contributed by atoms with Crippen LogP contribution in [0, 0.1) is 0 Å². The zero-order valence-electron chi connectivity index (χ0n) is 13.6. The molecule has 0 bridgehead atoms. The molecule has 6 nitrogen and oxygen atoms in total. The van der Waals surface area contributed by atoms with Crippen molar-refractivity contribution in [3.8, 4) is 0 Å². The fraction of sp³-hybridized carbons (Fsp3) is 0.471. The Balaban J connectivity index is 1.49. The summed E-state index contributed by atoms with van der Waals surface area (Å²) in [6, 6.07) is 8.19. The van der Waals surface area contributed by atoms with Crippen LogP contribution in [0.5, 0.6) is 0 Å². The van der Waals surface area contributed by atoms with Crippen LogP contribution in [0.1, 0.15) is 36.2 Å². The number of H-pyrrole nitrogens is 1. The van der Waals surface area contributed by atoms with Gasteiger partial charge in [-0.05, 0) is 11.6 Å². The summed E-state index contributed by atoms with van der Waals surface area (Å²) >= 11 is 1.76. The van der Waals surface area contributed by atoms with E-state index in [-0.39, 0.29) is 17.9 Å². The molecule has 0 spiro atoms. The van der Waals surface area contributed by atoms with Crippen molar-refractivity contribution in [3.63, 3.8) is 0 Å². The minimum Gasteiger partial charge on any atom is -0.366 e. The molecule has 2 aliphatic heterocycles. The van der Waals surface area contributed by atoms with Crippen molar-refractivity contribution < 1.29 is 9.53 Å². The molecular weight excluding hydrogens is 324 g/mol. The maximum absolute atomic E-state index is 13.0. The Morgan fingerprint density at radius 2 is 2.33 bits per heavy atom. The Labute approximate surface area is 145 Å². The summed E-state index contributed by atoms with van der Waals surface area (Å²) in [6.45, 7) is 3.69. The van der Waals surface area contributed by atoms with Gasteiger partial charge in [0.2, 0.25) is 5.91 Å². The summed E-state index contributed by atoms with van der Waals surface area (Å²) in [7, 11) is 0. The van der Waals surface area contributed by atoms with Crippen LogP contribution in [-0.4, -0.2) is 51.4 Å². The minimum atomic E-state index is -0.247. The van der Waals surface area contributed by atoms with Gasteiger partial charge in [-0.1, -0.05) is 25.1 Å². The van der Waals surface area contributed by atoms with Crippen LogP contribution < -0.4 is 0 Å². The molecule has 2 atom stereocenters. The fourth-order valence-corrected chi connectivity index (χ4v) is 4.43. The molecule has 0 saturated carbocycles. The molecule has 2 aliphatic rings. The topological polar surface area (TPSA) is 71.1 Å². The quantitative estimate of drug-likeness (QED) is 0.924. The standard InChI is InChI=1S/C17H20N4O2S/c1-2-15-18-16(20-19-15)13-9-21(7-8-23-13)17(22)12-10-24-14-6-4-3-5-11(12)14/h3-6,12-13H,2,7-10H2,1H3,(H,18,19,20)/t12-,13+/m0/s1. The maximum atomic E-state index is 13.0. The van der Waals surface area contributed by atoms with Crippen LogP contribution in [0.2, 0.25) is 0 Å². The highest BCUT2D eigenvalue weighted by molar-refractivity contribution is 7.99. The molecule has 1 saturated heterocycles. The average Bonchev–Trinajstić information content (AvgIpc) is 3.28. The zero-order chi connectivity index (χ0) is 16.5. The number of rotatable bonds is 3. The zero-order valence-corrected chi connectivity index (χ0v) is 14.4. The number of aryl methyl sites for hydroxylation is 1. The van der Waals surface area contributed by atoms with E-state index in [1.54, 1.807) is 11.8 Å². The van der Waals surface area contributed by atoms with E-state index in [1.165, 1.54) is 4.90 Å². The summed E-state index contributed by atoms with van der Waals surface area (Å²) in [6.07, 6.45) is 0.557. The highest BCUT2D eigenvalue weighted by Crippen LogP contribution is 2.40. The largest absolute Gasteiger partial charge is 0.366 e. The van der Waals surface area contributed by atoms with Gasteiger partial charge in [-0.2, -0.15) is 5.10 Å². The molecule has 4 rings (SSSR count). The van der Waals surface area contributed by atoms with Gasteiger partial charge in [-0.25, -0.2) is 4.98 Å². The lowest BCUT2D eigenvalue weighted by atomic mass is 9.99. The summed E-state index contributed by atoms with van der Waals surface area (Å²) in [5.41, 5.74) is 1.15. The van der Waals surface area contributed by atoms with Gasteiger partial charge in [-0.3, -0.25) is 9.89 Å². The number of amides is 1. The van der Waals surface area contributed by atoms with Gasteiger partial charge in [0.1, 0.15) is 11.9 Å². The van der Waals surface area contributed by atoms with E-state index in [2.05, 4.69) is 27.3 Å². The van der Waals surface area contributed by atoms with Crippen molar-refractivity contribution in [1.29, 1.82) is 0 Å². The van der Waals surface area contributed by atoms with Gasteiger partial charge < -0.3 is 9.64 Å². The number of hydrogen-bond donors (Lipinski definition) is 1.